The van der Waals surface area contributed by atoms with E-state index < -0.39 is 0 Å². The summed E-state index contributed by atoms with van der Waals surface area (Å²) in [5, 5.41) is 6.65. The molecule has 1 heterocycles. The van der Waals surface area contributed by atoms with E-state index in [2.05, 4.69) is 29.5 Å². The molecule has 1 aromatic rings. The molecule has 3 heteroatoms. The number of rotatable bonds is 3. The highest BCUT2D eigenvalue weighted by Gasteiger charge is 2.25. The Balaban J connectivity index is 2.00. The Bertz CT molecular complexity index is 364. The fraction of sp³-hybridized carbons (Fsp3) is 0.643. The molecule has 3 unspecified atom stereocenters. The second-order valence-corrected chi connectivity index (χ2v) is 5.30. The van der Waals surface area contributed by atoms with Gasteiger partial charge in [0.2, 0.25) is 0 Å². The summed E-state index contributed by atoms with van der Waals surface area (Å²) in [5.41, 5.74) is 0. The molecule has 1 aromatic heterocycles. The van der Waals surface area contributed by atoms with Crippen LogP contribution >= 0.6 is 0 Å². The standard InChI is InChI=1S/C14H23N3/c1-10-7-8-12(11(2)9-10)16-14-6-4-5-13(15-3)17-14/h4-6,10-12H,7-9H2,1-3H3,(H2,15,16,17). The highest BCUT2D eigenvalue weighted by Crippen LogP contribution is 2.30. The van der Waals surface area contributed by atoms with Crippen molar-refractivity contribution in [3.63, 3.8) is 0 Å². The van der Waals surface area contributed by atoms with Crippen LogP contribution in [0.2, 0.25) is 0 Å². The molecule has 1 aliphatic rings. The molecule has 3 nitrogen and oxygen atoms in total. The number of hydrogen-bond donors (Lipinski definition) is 2. The smallest absolute Gasteiger partial charge is 0.128 e. The van der Waals surface area contributed by atoms with Gasteiger partial charge in [0.25, 0.3) is 0 Å². The zero-order chi connectivity index (χ0) is 12.3. The molecular weight excluding hydrogens is 210 g/mol. The van der Waals surface area contributed by atoms with Crippen molar-refractivity contribution in [2.45, 2.75) is 39.2 Å². The Labute approximate surface area is 104 Å². The van der Waals surface area contributed by atoms with E-state index in [1.807, 2.05) is 25.2 Å². The Morgan fingerprint density at radius 1 is 1.18 bits per heavy atom. The molecule has 3 atom stereocenters. The van der Waals surface area contributed by atoms with Gasteiger partial charge < -0.3 is 10.6 Å². The SMILES string of the molecule is CNc1cccc(NC2CCC(C)CC2C)n1. The molecule has 2 N–H and O–H groups in total. The fourth-order valence-corrected chi connectivity index (χ4v) is 2.72. The highest BCUT2D eigenvalue weighted by atomic mass is 15.1. The van der Waals surface area contributed by atoms with Gasteiger partial charge in [-0.2, -0.15) is 0 Å². The average molecular weight is 233 g/mol. The quantitative estimate of drug-likeness (QED) is 0.840. The molecule has 1 saturated carbocycles. The summed E-state index contributed by atoms with van der Waals surface area (Å²) < 4.78 is 0. The Morgan fingerprint density at radius 2 is 1.94 bits per heavy atom. The zero-order valence-electron chi connectivity index (χ0n) is 11.0. The van der Waals surface area contributed by atoms with Gasteiger partial charge in [-0.15, -0.1) is 0 Å². The molecule has 0 amide bonds. The van der Waals surface area contributed by atoms with E-state index in [1.54, 1.807) is 0 Å². The molecule has 17 heavy (non-hydrogen) atoms. The first kappa shape index (κ1) is 12.2. The van der Waals surface area contributed by atoms with Crippen LogP contribution in [0.15, 0.2) is 18.2 Å². The van der Waals surface area contributed by atoms with Crippen LogP contribution in [-0.2, 0) is 0 Å². The minimum Gasteiger partial charge on any atom is -0.373 e. The van der Waals surface area contributed by atoms with Crippen molar-refractivity contribution in [3.8, 4) is 0 Å². The largest absolute Gasteiger partial charge is 0.373 e. The normalized spacial score (nSPS) is 28.8. The van der Waals surface area contributed by atoms with Crippen LogP contribution in [0.4, 0.5) is 11.6 Å². The maximum absolute atomic E-state index is 4.52. The van der Waals surface area contributed by atoms with E-state index in [9.17, 15) is 0 Å². The highest BCUT2D eigenvalue weighted by molar-refractivity contribution is 5.45. The van der Waals surface area contributed by atoms with Crippen LogP contribution in [0.3, 0.4) is 0 Å². The number of nitrogens with one attached hydrogen (secondary N) is 2. The van der Waals surface area contributed by atoms with Crippen LogP contribution in [0.1, 0.15) is 33.1 Å². The fourth-order valence-electron chi connectivity index (χ4n) is 2.72. The Kier molecular flexibility index (Phi) is 3.87. The predicted molar refractivity (Wildman–Crippen MR) is 73.4 cm³/mol. The van der Waals surface area contributed by atoms with E-state index in [4.69, 9.17) is 0 Å². The number of nitrogens with zero attached hydrogens (tertiary/aromatic N) is 1. The van der Waals surface area contributed by atoms with Crippen LogP contribution < -0.4 is 10.6 Å². The third kappa shape index (κ3) is 3.11. The Hall–Kier alpha value is -1.25. The summed E-state index contributed by atoms with van der Waals surface area (Å²) >= 11 is 0. The van der Waals surface area contributed by atoms with Gasteiger partial charge in [-0.1, -0.05) is 19.9 Å². The third-order valence-electron chi connectivity index (χ3n) is 3.77. The number of aromatic nitrogens is 1. The molecule has 0 aliphatic heterocycles. The van der Waals surface area contributed by atoms with E-state index in [0.717, 1.165) is 23.5 Å². The molecule has 0 saturated heterocycles. The molecule has 2 rings (SSSR count). The molecule has 1 aliphatic carbocycles. The molecule has 94 valence electrons. The van der Waals surface area contributed by atoms with Crippen LogP contribution in [0, 0.1) is 11.8 Å². The number of pyridine rings is 1. The van der Waals surface area contributed by atoms with Crippen molar-refractivity contribution >= 4 is 11.6 Å². The van der Waals surface area contributed by atoms with Crippen LogP contribution in [0.25, 0.3) is 0 Å². The van der Waals surface area contributed by atoms with Gasteiger partial charge in [-0.25, -0.2) is 4.98 Å². The number of hydrogen-bond acceptors (Lipinski definition) is 3. The lowest BCUT2D eigenvalue weighted by atomic mass is 9.80. The molecule has 0 bridgehead atoms. The van der Waals surface area contributed by atoms with Gasteiger partial charge in [0, 0.05) is 13.1 Å². The van der Waals surface area contributed by atoms with Gasteiger partial charge in [0.05, 0.1) is 0 Å². The van der Waals surface area contributed by atoms with E-state index >= 15 is 0 Å². The summed E-state index contributed by atoms with van der Waals surface area (Å²) in [6.45, 7) is 4.70. The molecule has 0 radical (unpaired) electrons. The van der Waals surface area contributed by atoms with Gasteiger partial charge in [-0.05, 0) is 43.2 Å². The van der Waals surface area contributed by atoms with Gasteiger partial charge >= 0.3 is 0 Å². The molecule has 0 aromatic carbocycles. The van der Waals surface area contributed by atoms with Gasteiger partial charge in [0.1, 0.15) is 11.6 Å². The monoisotopic (exact) mass is 233 g/mol. The summed E-state index contributed by atoms with van der Waals surface area (Å²) in [7, 11) is 1.90. The third-order valence-corrected chi connectivity index (χ3v) is 3.77. The van der Waals surface area contributed by atoms with Crippen molar-refractivity contribution in [2.75, 3.05) is 17.7 Å². The molecule has 1 fully saturated rings. The van der Waals surface area contributed by atoms with E-state index in [0.29, 0.717) is 6.04 Å². The number of anilines is 2. The summed E-state index contributed by atoms with van der Waals surface area (Å²) in [4.78, 5) is 4.52. The first-order chi connectivity index (χ1) is 8.19. The second kappa shape index (κ2) is 5.39. The molecular formula is C14H23N3. The van der Waals surface area contributed by atoms with Crippen LogP contribution in [-0.4, -0.2) is 18.1 Å². The molecule has 0 spiro atoms. The minimum atomic E-state index is 0.575. The predicted octanol–water partition coefficient (Wildman–Crippen LogP) is 3.36. The minimum absolute atomic E-state index is 0.575. The first-order valence-electron chi connectivity index (χ1n) is 6.60. The lowest BCUT2D eigenvalue weighted by Crippen LogP contribution is -2.33. The second-order valence-electron chi connectivity index (χ2n) is 5.30. The van der Waals surface area contributed by atoms with Crippen molar-refractivity contribution in [1.29, 1.82) is 0 Å². The van der Waals surface area contributed by atoms with Crippen molar-refractivity contribution in [2.24, 2.45) is 11.8 Å². The van der Waals surface area contributed by atoms with Gasteiger partial charge in [-0.3, -0.25) is 0 Å². The summed E-state index contributed by atoms with van der Waals surface area (Å²) in [6.07, 6.45) is 3.91. The average Bonchev–Trinajstić information content (AvgIpc) is 2.33. The van der Waals surface area contributed by atoms with Gasteiger partial charge in [0.15, 0.2) is 0 Å². The topological polar surface area (TPSA) is 37.0 Å². The summed E-state index contributed by atoms with van der Waals surface area (Å²) in [6, 6.07) is 6.64. The van der Waals surface area contributed by atoms with E-state index in [1.165, 1.54) is 19.3 Å². The maximum atomic E-state index is 4.52. The van der Waals surface area contributed by atoms with E-state index in [-0.39, 0.29) is 0 Å². The lowest BCUT2D eigenvalue weighted by Gasteiger charge is -2.33. The van der Waals surface area contributed by atoms with Crippen molar-refractivity contribution in [3.05, 3.63) is 18.2 Å². The first-order valence-corrected chi connectivity index (χ1v) is 6.60. The van der Waals surface area contributed by atoms with Crippen molar-refractivity contribution < 1.29 is 0 Å². The van der Waals surface area contributed by atoms with Crippen molar-refractivity contribution in [1.82, 2.24) is 4.98 Å². The summed E-state index contributed by atoms with van der Waals surface area (Å²) in [5.74, 6) is 3.52. The van der Waals surface area contributed by atoms with Crippen LogP contribution in [0.5, 0.6) is 0 Å². The zero-order valence-corrected chi connectivity index (χ0v) is 11.0. The lowest BCUT2D eigenvalue weighted by molar-refractivity contribution is 0.276. The maximum Gasteiger partial charge on any atom is 0.128 e. The Morgan fingerprint density at radius 3 is 2.65 bits per heavy atom.